The largest absolute Gasteiger partial charge is 0.436 e. The summed E-state index contributed by atoms with van der Waals surface area (Å²) in [6, 6.07) is 3.80. The summed E-state index contributed by atoms with van der Waals surface area (Å²) in [4.78, 5) is 3.48. The second kappa shape index (κ2) is 3.97. The lowest BCUT2D eigenvalue weighted by Crippen LogP contribution is -2.27. The Balaban J connectivity index is 2.49. The summed E-state index contributed by atoms with van der Waals surface area (Å²) in [6.45, 7) is 14.6. The first kappa shape index (κ1) is 10.7. The highest BCUT2D eigenvalue weighted by Crippen LogP contribution is 2.32. The molecule has 0 aromatic heterocycles. The van der Waals surface area contributed by atoms with Gasteiger partial charge in [0.1, 0.15) is 11.5 Å². The highest BCUT2D eigenvalue weighted by atomic mass is 16.5. The van der Waals surface area contributed by atoms with Crippen LogP contribution < -0.4 is 4.74 Å². The molecule has 0 radical (unpaired) electrons. The average molecular weight is 215 g/mol. The fraction of sp³-hybridized carbons (Fsp3) is 0.385. The topological polar surface area (TPSA) is 16.6 Å². The van der Waals surface area contributed by atoms with Crippen molar-refractivity contribution in [1.29, 1.82) is 0 Å². The van der Waals surface area contributed by atoms with E-state index in [1.807, 2.05) is 19.1 Å². The van der Waals surface area contributed by atoms with Gasteiger partial charge in [-0.1, -0.05) is 0 Å². The maximum atomic E-state index is 7.06. The molecule has 0 fully saturated rings. The van der Waals surface area contributed by atoms with E-state index in [4.69, 9.17) is 11.3 Å². The normalized spacial score (nSPS) is 13.8. The average Bonchev–Trinajstić information content (AvgIpc) is 2.28. The fourth-order valence-corrected chi connectivity index (χ4v) is 1.90. The lowest BCUT2D eigenvalue weighted by Gasteiger charge is -2.19. The molecule has 1 aromatic carbocycles. The van der Waals surface area contributed by atoms with Crippen molar-refractivity contribution < 1.29 is 9.31 Å². The molecule has 1 aliphatic rings. The summed E-state index contributed by atoms with van der Waals surface area (Å²) in [5.74, 6) is 0.949. The summed E-state index contributed by atoms with van der Waals surface area (Å²) < 4.78 is 7.89. The molecule has 0 spiro atoms. The van der Waals surface area contributed by atoms with E-state index in [-0.39, 0.29) is 0 Å². The van der Waals surface area contributed by atoms with Gasteiger partial charge >= 0.3 is 0 Å². The highest BCUT2D eigenvalue weighted by Gasteiger charge is 2.22. The van der Waals surface area contributed by atoms with Gasteiger partial charge < -0.3 is 4.74 Å². The smallest absolute Gasteiger partial charge is 0.287 e. The fourth-order valence-electron chi connectivity index (χ4n) is 1.90. The Labute approximate surface area is 95.8 Å². The lowest BCUT2D eigenvalue weighted by molar-refractivity contribution is -0.580. The van der Waals surface area contributed by atoms with Crippen LogP contribution in [0.3, 0.4) is 0 Å². The summed E-state index contributed by atoms with van der Waals surface area (Å²) >= 11 is 0. The van der Waals surface area contributed by atoms with Crippen LogP contribution in [0.2, 0.25) is 0 Å². The molecule has 0 atom stereocenters. The number of hydrogen-bond acceptors (Lipinski definition) is 1. The summed E-state index contributed by atoms with van der Waals surface area (Å²) in [6.07, 6.45) is 0. The minimum absolute atomic E-state index is 0.605. The van der Waals surface area contributed by atoms with Crippen LogP contribution >= 0.6 is 0 Å². The molecular weight excluding hydrogens is 200 g/mol. The molecule has 16 heavy (non-hydrogen) atoms. The number of nitrogens with zero attached hydrogens (tertiary/aromatic N) is 2. The van der Waals surface area contributed by atoms with Gasteiger partial charge in [0.15, 0.2) is 12.2 Å². The summed E-state index contributed by atoms with van der Waals surface area (Å²) in [5, 5.41) is 0. The maximum absolute atomic E-state index is 7.06. The highest BCUT2D eigenvalue weighted by molar-refractivity contribution is 5.74. The van der Waals surface area contributed by atoms with Gasteiger partial charge in [0.25, 0.3) is 6.73 Å². The first-order valence-electron chi connectivity index (χ1n) is 5.30. The molecule has 2 rings (SSSR count). The van der Waals surface area contributed by atoms with Gasteiger partial charge in [-0.3, -0.25) is 0 Å². The molecule has 0 bridgehead atoms. The van der Waals surface area contributed by atoms with E-state index in [0.717, 1.165) is 23.4 Å². The Hall–Kier alpha value is -1.82. The van der Waals surface area contributed by atoms with E-state index in [9.17, 15) is 0 Å². The molecule has 0 aliphatic carbocycles. The van der Waals surface area contributed by atoms with E-state index in [1.54, 1.807) is 0 Å². The lowest BCUT2D eigenvalue weighted by atomic mass is 10.1. The molecule has 3 heteroatoms. The monoisotopic (exact) mass is 215 g/mol. The molecule has 0 amide bonds. The van der Waals surface area contributed by atoms with Crippen LogP contribution in [0.15, 0.2) is 12.1 Å². The molecule has 0 saturated heterocycles. The van der Waals surface area contributed by atoms with E-state index in [1.165, 1.54) is 5.71 Å². The van der Waals surface area contributed by atoms with Gasteiger partial charge in [0, 0.05) is 19.4 Å². The second-order valence-electron chi connectivity index (χ2n) is 4.28. The van der Waals surface area contributed by atoms with Crippen LogP contribution in [-0.4, -0.2) is 17.0 Å². The van der Waals surface area contributed by atoms with Crippen LogP contribution in [0.4, 0.5) is 5.69 Å². The number of ether oxygens (including phenoxy) is 1. The first-order valence-corrected chi connectivity index (χ1v) is 5.30. The number of benzene rings is 1. The van der Waals surface area contributed by atoms with E-state index >= 15 is 0 Å². The molecule has 1 aromatic rings. The maximum Gasteiger partial charge on any atom is 0.287 e. The van der Waals surface area contributed by atoms with Crippen molar-refractivity contribution in [2.45, 2.75) is 27.3 Å². The Morgan fingerprint density at radius 3 is 2.81 bits per heavy atom. The predicted octanol–water partition coefficient (Wildman–Crippen LogP) is 2.89. The summed E-state index contributed by atoms with van der Waals surface area (Å²) in [7, 11) is 0. The van der Waals surface area contributed by atoms with Crippen LogP contribution in [0.5, 0.6) is 5.75 Å². The number of fused-ring (bicyclic) bond motifs is 1. The third-order valence-electron chi connectivity index (χ3n) is 2.82. The quantitative estimate of drug-likeness (QED) is 0.480. The van der Waals surface area contributed by atoms with Gasteiger partial charge in [0.2, 0.25) is 0 Å². The van der Waals surface area contributed by atoms with Crippen molar-refractivity contribution in [3.63, 3.8) is 0 Å². The van der Waals surface area contributed by atoms with Gasteiger partial charge in [-0.15, -0.1) is 0 Å². The van der Waals surface area contributed by atoms with E-state index in [2.05, 4.69) is 23.3 Å². The Morgan fingerprint density at radius 2 is 2.19 bits per heavy atom. The van der Waals surface area contributed by atoms with Crippen molar-refractivity contribution in [2.24, 2.45) is 0 Å². The summed E-state index contributed by atoms with van der Waals surface area (Å²) in [5.41, 5.74) is 4.09. The number of aryl methyl sites for hydroxylation is 1. The van der Waals surface area contributed by atoms with Gasteiger partial charge in [-0.25, -0.2) is 4.85 Å². The molecular formula is C13H15N2O+. The molecule has 0 unspecified atom stereocenters. The van der Waals surface area contributed by atoms with Crippen molar-refractivity contribution in [3.8, 4) is 5.75 Å². The molecule has 0 saturated carbocycles. The second-order valence-corrected chi connectivity index (χ2v) is 4.28. The Kier molecular flexibility index (Phi) is 2.66. The molecule has 82 valence electrons. The predicted molar refractivity (Wildman–Crippen MR) is 63.3 cm³/mol. The van der Waals surface area contributed by atoms with Gasteiger partial charge in [0.05, 0.1) is 6.57 Å². The van der Waals surface area contributed by atoms with Crippen LogP contribution in [0, 0.1) is 13.5 Å². The minimum Gasteiger partial charge on any atom is -0.436 e. The van der Waals surface area contributed by atoms with Crippen molar-refractivity contribution in [1.82, 2.24) is 0 Å². The van der Waals surface area contributed by atoms with Gasteiger partial charge in [-0.2, -0.15) is 4.58 Å². The molecule has 0 N–H and O–H groups in total. The Morgan fingerprint density at radius 1 is 1.44 bits per heavy atom. The van der Waals surface area contributed by atoms with Crippen LogP contribution in [0.25, 0.3) is 4.85 Å². The third-order valence-corrected chi connectivity index (χ3v) is 2.82. The Bertz CT molecular complexity index is 505. The SMILES string of the molecule is [C-]#[N+]c1cc(C)c2c(c1)C[N+](=C(C)C)CO2. The van der Waals surface area contributed by atoms with Crippen molar-refractivity contribution in [3.05, 3.63) is 34.7 Å². The zero-order valence-corrected chi connectivity index (χ0v) is 9.87. The molecule has 3 nitrogen and oxygen atoms in total. The van der Waals surface area contributed by atoms with E-state index in [0.29, 0.717) is 12.4 Å². The van der Waals surface area contributed by atoms with Gasteiger partial charge in [-0.05, 0) is 24.6 Å². The zero-order chi connectivity index (χ0) is 11.7. The van der Waals surface area contributed by atoms with Crippen LogP contribution in [0.1, 0.15) is 25.0 Å². The van der Waals surface area contributed by atoms with Crippen molar-refractivity contribution >= 4 is 11.4 Å². The van der Waals surface area contributed by atoms with Crippen LogP contribution in [-0.2, 0) is 6.54 Å². The zero-order valence-electron chi connectivity index (χ0n) is 9.87. The first-order chi connectivity index (χ1) is 7.61. The van der Waals surface area contributed by atoms with E-state index < -0.39 is 0 Å². The third kappa shape index (κ3) is 1.79. The number of hydrogen-bond donors (Lipinski definition) is 0. The molecule has 1 aliphatic heterocycles. The molecule has 1 heterocycles. The number of rotatable bonds is 0. The minimum atomic E-state index is 0.605. The standard InChI is InChI=1S/C13H15N2O/c1-9(2)15-7-11-6-12(14-4)5-10(3)13(11)16-8-15/h5-6H,7-8H2,1-3H3/q+1. The van der Waals surface area contributed by atoms with Crippen molar-refractivity contribution in [2.75, 3.05) is 6.73 Å².